The predicted octanol–water partition coefficient (Wildman–Crippen LogP) is 1.59. The average Bonchev–Trinajstić information content (AvgIpc) is 2.46. The number of rotatable bonds is 5. The zero-order valence-corrected chi connectivity index (χ0v) is 10.7. The largest absolute Gasteiger partial charge is 0.373 e. The van der Waals surface area contributed by atoms with Crippen molar-refractivity contribution in [2.24, 2.45) is 0 Å². The lowest BCUT2D eigenvalue weighted by Gasteiger charge is -2.18. The maximum atomic E-state index is 4.26. The van der Waals surface area contributed by atoms with E-state index in [1.54, 1.807) is 12.5 Å². The van der Waals surface area contributed by atoms with Crippen LogP contribution in [0.25, 0.3) is 0 Å². The molecule has 0 saturated carbocycles. The third-order valence-electron chi connectivity index (χ3n) is 2.76. The smallest absolute Gasteiger partial charge is 0.133 e. The van der Waals surface area contributed by atoms with Crippen LogP contribution in [0.1, 0.15) is 5.56 Å². The Morgan fingerprint density at radius 1 is 1.33 bits per heavy atom. The van der Waals surface area contributed by atoms with E-state index in [4.69, 9.17) is 0 Å². The van der Waals surface area contributed by atoms with Crippen LogP contribution in [0.5, 0.6) is 0 Å². The Hall–Kier alpha value is -2.17. The molecule has 5 heteroatoms. The Bertz CT molecular complexity index is 486. The second-order valence-electron chi connectivity index (χ2n) is 4.04. The summed E-state index contributed by atoms with van der Waals surface area (Å²) < 4.78 is 0. The van der Waals surface area contributed by atoms with Crippen molar-refractivity contribution in [3.63, 3.8) is 0 Å². The van der Waals surface area contributed by atoms with Gasteiger partial charge < -0.3 is 10.2 Å². The molecule has 5 nitrogen and oxygen atoms in total. The SMILES string of the molecule is CNc1cc(N(C)CCc2cccnc2)ncn1. The minimum absolute atomic E-state index is 0.827. The van der Waals surface area contributed by atoms with Gasteiger partial charge in [-0.3, -0.25) is 4.98 Å². The van der Waals surface area contributed by atoms with E-state index >= 15 is 0 Å². The zero-order valence-electron chi connectivity index (χ0n) is 10.7. The lowest BCUT2D eigenvalue weighted by molar-refractivity contribution is 0.852. The molecular weight excluding hydrogens is 226 g/mol. The Kier molecular flexibility index (Phi) is 4.06. The maximum Gasteiger partial charge on any atom is 0.133 e. The Morgan fingerprint density at radius 2 is 2.22 bits per heavy atom. The third-order valence-corrected chi connectivity index (χ3v) is 2.76. The van der Waals surface area contributed by atoms with Gasteiger partial charge in [-0.2, -0.15) is 0 Å². The number of hydrogen-bond donors (Lipinski definition) is 1. The molecule has 2 aromatic heterocycles. The van der Waals surface area contributed by atoms with Gasteiger partial charge >= 0.3 is 0 Å². The molecule has 0 atom stereocenters. The number of anilines is 2. The highest BCUT2D eigenvalue weighted by atomic mass is 15.2. The van der Waals surface area contributed by atoms with Gasteiger partial charge in [0.2, 0.25) is 0 Å². The van der Waals surface area contributed by atoms with Crippen LogP contribution in [-0.2, 0) is 6.42 Å². The van der Waals surface area contributed by atoms with E-state index in [-0.39, 0.29) is 0 Å². The van der Waals surface area contributed by atoms with Crippen LogP contribution in [-0.4, -0.2) is 35.6 Å². The number of hydrogen-bond acceptors (Lipinski definition) is 5. The summed E-state index contributed by atoms with van der Waals surface area (Å²) in [5, 5.41) is 3.01. The molecule has 2 heterocycles. The first-order valence-corrected chi connectivity index (χ1v) is 5.89. The molecule has 18 heavy (non-hydrogen) atoms. The van der Waals surface area contributed by atoms with Crippen LogP contribution in [0, 0.1) is 0 Å². The fourth-order valence-corrected chi connectivity index (χ4v) is 1.65. The first-order chi connectivity index (χ1) is 8.79. The molecule has 0 fully saturated rings. The van der Waals surface area contributed by atoms with Crippen molar-refractivity contribution in [2.45, 2.75) is 6.42 Å². The zero-order chi connectivity index (χ0) is 12.8. The molecule has 0 unspecified atom stereocenters. The van der Waals surface area contributed by atoms with Gasteiger partial charge in [0.05, 0.1) is 0 Å². The van der Waals surface area contributed by atoms with E-state index in [2.05, 4.69) is 31.2 Å². The number of pyridine rings is 1. The summed E-state index contributed by atoms with van der Waals surface area (Å²) in [5.41, 5.74) is 1.23. The van der Waals surface area contributed by atoms with Crippen LogP contribution in [0.3, 0.4) is 0 Å². The first kappa shape index (κ1) is 12.3. The van der Waals surface area contributed by atoms with Crippen molar-refractivity contribution >= 4 is 11.6 Å². The summed E-state index contributed by atoms with van der Waals surface area (Å²) >= 11 is 0. The fourth-order valence-electron chi connectivity index (χ4n) is 1.65. The van der Waals surface area contributed by atoms with Gasteiger partial charge in [0.15, 0.2) is 0 Å². The van der Waals surface area contributed by atoms with Crippen LogP contribution >= 0.6 is 0 Å². The van der Waals surface area contributed by atoms with E-state index in [1.807, 2.05) is 32.4 Å². The van der Waals surface area contributed by atoms with Gasteiger partial charge in [0, 0.05) is 39.1 Å². The van der Waals surface area contributed by atoms with Gasteiger partial charge in [0.25, 0.3) is 0 Å². The molecule has 0 saturated heterocycles. The number of nitrogens with one attached hydrogen (secondary N) is 1. The summed E-state index contributed by atoms with van der Waals surface area (Å²) in [6.07, 6.45) is 6.20. The Balaban J connectivity index is 1.97. The fraction of sp³-hybridized carbons (Fsp3) is 0.308. The van der Waals surface area contributed by atoms with Crippen LogP contribution in [0.4, 0.5) is 11.6 Å². The maximum absolute atomic E-state index is 4.26. The first-order valence-electron chi connectivity index (χ1n) is 5.89. The molecular formula is C13H17N5. The Labute approximate surface area is 107 Å². The molecule has 94 valence electrons. The minimum Gasteiger partial charge on any atom is -0.373 e. The van der Waals surface area contributed by atoms with Crippen molar-refractivity contribution in [3.8, 4) is 0 Å². The molecule has 2 aromatic rings. The summed E-state index contributed by atoms with van der Waals surface area (Å²) in [4.78, 5) is 14.6. The van der Waals surface area contributed by atoms with Crippen LogP contribution in [0.15, 0.2) is 36.9 Å². The number of likely N-dealkylation sites (N-methyl/N-ethyl adjacent to an activating group) is 1. The highest BCUT2D eigenvalue weighted by molar-refractivity contribution is 5.47. The van der Waals surface area contributed by atoms with Crippen molar-refractivity contribution in [2.75, 3.05) is 30.9 Å². The van der Waals surface area contributed by atoms with E-state index in [1.165, 1.54) is 5.56 Å². The summed E-state index contributed by atoms with van der Waals surface area (Å²) in [6.45, 7) is 0.895. The monoisotopic (exact) mass is 243 g/mol. The van der Waals surface area contributed by atoms with Crippen molar-refractivity contribution in [1.82, 2.24) is 15.0 Å². The predicted molar refractivity (Wildman–Crippen MR) is 72.8 cm³/mol. The van der Waals surface area contributed by atoms with Crippen LogP contribution in [0.2, 0.25) is 0 Å². The summed E-state index contributed by atoms with van der Waals surface area (Å²) in [7, 11) is 3.87. The quantitative estimate of drug-likeness (QED) is 0.864. The van der Waals surface area contributed by atoms with Gasteiger partial charge in [0.1, 0.15) is 18.0 Å². The summed E-state index contributed by atoms with van der Waals surface area (Å²) in [6, 6.07) is 5.97. The van der Waals surface area contributed by atoms with Gasteiger partial charge in [-0.15, -0.1) is 0 Å². The lowest BCUT2D eigenvalue weighted by atomic mass is 10.2. The Morgan fingerprint density at radius 3 is 2.94 bits per heavy atom. The topological polar surface area (TPSA) is 53.9 Å². The molecule has 0 aliphatic carbocycles. The lowest BCUT2D eigenvalue weighted by Crippen LogP contribution is -2.21. The second-order valence-corrected chi connectivity index (χ2v) is 4.04. The normalized spacial score (nSPS) is 10.1. The third kappa shape index (κ3) is 3.16. The molecule has 0 amide bonds. The van der Waals surface area contributed by atoms with Crippen molar-refractivity contribution in [1.29, 1.82) is 0 Å². The molecule has 0 aliphatic rings. The highest BCUT2D eigenvalue weighted by Gasteiger charge is 2.04. The average molecular weight is 243 g/mol. The highest BCUT2D eigenvalue weighted by Crippen LogP contribution is 2.12. The van der Waals surface area contributed by atoms with E-state index in [0.717, 1.165) is 24.6 Å². The van der Waals surface area contributed by atoms with Crippen LogP contribution < -0.4 is 10.2 Å². The minimum atomic E-state index is 0.827. The number of aromatic nitrogens is 3. The van der Waals surface area contributed by atoms with E-state index in [9.17, 15) is 0 Å². The van der Waals surface area contributed by atoms with E-state index < -0.39 is 0 Å². The molecule has 2 rings (SSSR count). The molecule has 0 spiro atoms. The summed E-state index contributed by atoms with van der Waals surface area (Å²) in [5.74, 6) is 1.74. The second kappa shape index (κ2) is 5.95. The van der Waals surface area contributed by atoms with Crippen molar-refractivity contribution < 1.29 is 0 Å². The van der Waals surface area contributed by atoms with Gasteiger partial charge in [-0.1, -0.05) is 6.07 Å². The van der Waals surface area contributed by atoms with E-state index in [0.29, 0.717) is 0 Å². The molecule has 0 radical (unpaired) electrons. The molecule has 0 aliphatic heterocycles. The van der Waals surface area contributed by atoms with Crippen molar-refractivity contribution in [3.05, 3.63) is 42.5 Å². The molecule has 0 aromatic carbocycles. The number of nitrogens with zero attached hydrogens (tertiary/aromatic N) is 4. The molecule has 1 N–H and O–H groups in total. The standard InChI is InChI=1S/C13H17N5/c1-14-12-8-13(17-10-16-12)18(2)7-5-11-4-3-6-15-9-11/h3-4,6,8-10H,5,7H2,1-2H3,(H,14,16,17). The van der Waals surface area contributed by atoms with Gasteiger partial charge in [-0.05, 0) is 18.1 Å². The molecule has 0 bridgehead atoms. The van der Waals surface area contributed by atoms with Gasteiger partial charge in [-0.25, -0.2) is 9.97 Å².